The van der Waals surface area contributed by atoms with Crippen molar-refractivity contribution in [2.75, 3.05) is 10.5 Å². The van der Waals surface area contributed by atoms with Gasteiger partial charge < -0.3 is 5.73 Å². The topological polar surface area (TPSA) is 85.1 Å². The number of halogens is 1. The monoisotopic (exact) mass is 345 g/mol. The van der Waals surface area contributed by atoms with E-state index in [1.165, 1.54) is 17.4 Å². The summed E-state index contributed by atoms with van der Waals surface area (Å²) in [6.45, 7) is 0. The van der Waals surface area contributed by atoms with Gasteiger partial charge in [-0.3, -0.25) is 4.72 Å². The average Bonchev–Trinajstić information content (AvgIpc) is 2.94. The average molecular weight is 346 g/mol. The van der Waals surface area contributed by atoms with Crippen molar-refractivity contribution in [1.82, 2.24) is 4.98 Å². The van der Waals surface area contributed by atoms with E-state index in [0.29, 0.717) is 21.4 Å². The predicted octanol–water partition coefficient (Wildman–Crippen LogP) is 3.39. The minimum atomic E-state index is -3.65. The smallest absolute Gasteiger partial charge is 0.273 e. The molecule has 0 spiro atoms. The summed E-state index contributed by atoms with van der Waals surface area (Å²) < 4.78 is 27.7. The van der Waals surface area contributed by atoms with Crippen molar-refractivity contribution in [1.29, 1.82) is 0 Å². The summed E-state index contributed by atoms with van der Waals surface area (Å²) in [7, 11) is -3.65. The molecule has 104 valence electrons. The highest BCUT2D eigenvalue weighted by Gasteiger charge is 2.18. The molecule has 3 aromatic rings. The van der Waals surface area contributed by atoms with Crippen molar-refractivity contribution in [2.24, 2.45) is 0 Å². The van der Waals surface area contributed by atoms with Crippen LogP contribution in [0.4, 0.5) is 10.8 Å². The molecule has 0 aliphatic rings. The van der Waals surface area contributed by atoms with Crippen LogP contribution >= 0.6 is 34.3 Å². The molecule has 0 aliphatic carbocycles. The van der Waals surface area contributed by atoms with Gasteiger partial charge in [0.05, 0.1) is 10.2 Å². The summed E-state index contributed by atoms with van der Waals surface area (Å²) in [5.41, 5.74) is 6.66. The second-order valence-corrected chi connectivity index (χ2v) is 8.22. The lowest BCUT2D eigenvalue weighted by Crippen LogP contribution is -2.11. The first-order chi connectivity index (χ1) is 9.44. The van der Waals surface area contributed by atoms with E-state index in [1.807, 2.05) is 0 Å². The lowest BCUT2D eigenvalue weighted by molar-refractivity contribution is 0.603. The van der Waals surface area contributed by atoms with E-state index in [4.69, 9.17) is 17.3 Å². The number of nitrogen functional groups attached to an aromatic ring is 1. The summed E-state index contributed by atoms with van der Waals surface area (Å²) in [6, 6.07) is 6.61. The zero-order valence-corrected chi connectivity index (χ0v) is 13.0. The van der Waals surface area contributed by atoms with Gasteiger partial charge in [-0.25, -0.2) is 13.4 Å². The highest BCUT2D eigenvalue weighted by Crippen LogP contribution is 2.31. The van der Waals surface area contributed by atoms with E-state index >= 15 is 0 Å². The normalized spacial score (nSPS) is 11.8. The molecule has 0 radical (unpaired) electrons. The van der Waals surface area contributed by atoms with Crippen LogP contribution in [0.15, 0.2) is 33.9 Å². The maximum atomic E-state index is 12.1. The number of benzene rings is 1. The van der Waals surface area contributed by atoms with E-state index < -0.39 is 10.0 Å². The van der Waals surface area contributed by atoms with Gasteiger partial charge in [-0.2, -0.15) is 0 Å². The molecule has 2 aromatic heterocycles. The van der Waals surface area contributed by atoms with Crippen LogP contribution < -0.4 is 10.5 Å². The number of rotatable bonds is 3. The van der Waals surface area contributed by atoms with Gasteiger partial charge in [0.25, 0.3) is 10.0 Å². The fraction of sp³-hybridized carbons (Fsp3) is 0. The molecule has 0 saturated carbocycles. The predicted molar refractivity (Wildman–Crippen MR) is 84.2 cm³/mol. The van der Waals surface area contributed by atoms with E-state index in [0.717, 1.165) is 16.0 Å². The van der Waals surface area contributed by atoms with Gasteiger partial charge in [0.2, 0.25) is 0 Å². The SMILES string of the molecule is Nc1csc(S(=O)(=O)Nc2nc3ccc(Cl)cc3s2)c1. The first-order valence-corrected chi connectivity index (χ1v) is 8.93. The molecule has 0 saturated heterocycles. The van der Waals surface area contributed by atoms with Crippen LogP contribution in [-0.2, 0) is 10.0 Å². The molecule has 0 fully saturated rings. The van der Waals surface area contributed by atoms with Gasteiger partial charge in [0, 0.05) is 16.1 Å². The summed E-state index contributed by atoms with van der Waals surface area (Å²) in [6.07, 6.45) is 0. The Morgan fingerprint density at radius 3 is 2.80 bits per heavy atom. The highest BCUT2D eigenvalue weighted by atomic mass is 35.5. The first kappa shape index (κ1) is 13.6. The molecule has 0 bridgehead atoms. The highest BCUT2D eigenvalue weighted by molar-refractivity contribution is 7.94. The molecular weight excluding hydrogens is 338 g/mol. The van der Waals surface area contributed by atoms with Gasteiger partial charge in [-0.15, -0.1) is 11.3 Å². The molecule has 0 atom stereocenters. The molecule has 3 rings (SSSR count). The largest absolute Gasteiger partial charge is 0.398 e. The van der Waals surface area contributed by atoms with Gasteiger partial charge in [0.15, 0.2) is 5.13 Å². The number of nitrogens with zero attached hydrogens (tertiary/aromatic N) is 1. The number of hydrogen-bond donors (Lipinski definition) is 2. The second-order valence-electron chi connectivity index (χ2n) is 3.94. The minimum Gasteiger partial charge on any atom is -0.398 e. The van der Waals surface area contributed by atoms with Crippen molar-refractivity contribution in [3.8, 4) is 0 Å². The Hall–Kier alpha value is -1.35. The molecule has 1 aromatic carbocycles. The number of fused-ring (bicyclic) bond motifs is 1. The van der Waals surface area contributed by atoms with Crippen molar-refractivity contribution in [2.45, 2.75) is 4.21 Å². The lowest BCUT2D eigenvalue weighted by atomic mass is 10.3. The van der Waals surface area contributed by atoms with E-state index in [2.05, 4.69) is 9.71 Å². The van der Waals surface area contributed by atoms with Crippen molar-refractivity contribution < 1.29 is 8.42 Å². The van der Waals surface area contributed by atoms with Crippen LogP contribution in [0.5, 0.6) is 0 Å². The van der Waals surface area contributed by atoms with Crippen LogP contribution in [0.3, 0.4) is 0 Å². The standard InChI is InChI=1S/C11H8ClN3O2S3/c12-6-1-2-8-9(3-6)19-11(14-8)15-20(16,17)10-4-7(13)5-18-10/h1-5H,13H2,(H,14,15). The molecule has 3 N–H and O–H groups in total. The number of thiophene rings is 1. The summed E-state index contributed by atoms with van der Waals surface area (Å²) in [5.74, 6) is 0. The second kappa shape index (κ2) is 4.88. The Kier molecular flexibility index (Phi) is 3.33. The van der Waals surface area contributed by atoms with Gasteiger partial charge in [0.1, 0.15) is 4.21 Å². The first-order valence-electron chi connectivity index (χ1n) is 5.37. The van der Waals surface area contributed by atoms with Crippen LogP contribution in [0, 0.1) is 0 Å². The lowest BCUT2D eigenvalue weighted by Gasteiger charge is -2.00. The van der Waals surface area contributed by atoms with Crippen LogP contribution in [0.1, 0.15) is 0 Å². The molecule has 9 heteroatoms. The van der Waals surface area contributed by atoms with Crippen molar-refractivity contribution in [3.05, 3.63) is 34.7 Å². The van der Waals surface area contributed by atoms with Crippen LogP contribution in [-0.4, -0.2) is 13.4 Å². The number of thiazole rings is 1. The van der Waals surface area contributed by atoms with E-state index in [1.54, 1.807) is 23.6 Å². The van der Waals surface area contributed by atoms with Gasteiger partial charge in [-0.1, -0.05) is 22.9 Å². The Morgan fingerprint density at radius 1 is 1.30 bits per heavy atom. The fourth-order valence-corrected chi connectivity index (χ4v) is 5.04. The zero-order chi connectivity index (χ0) is 14.3. The molecule has 2 heterocycles. The fourth-order valence-electron chi connectivity index (χ4n) is 1.58. The number of sulfonamides is 1. The Morgan fingerprint density at radius 2 is 2.10 bits per heavy atom. The number of anilines is 2. The molecule has 5 nitrogen and oxygen atoms in total. The Balaban J connectivity index is 1.96. The van der Waals surface area contributed by atoms with E-state index in [-0.39, 0.29) is 4.21 Å². The number of hydrogen-bond acceptors (Lipinski definition) is 6. The maximum Gasteiger partial charge on any atom is 0.273 e. The summed E-state index contributed by atoms with van der Waals surface area (Å²) in [5, 5.41) is 2.46. The Bertz CT molecular complexity index is 885. The third kappa shape index (κ3) is 2.59. The van der Waals surface area contributed by atoms with Gasteiger partial charge >= 0.3 is 0 Å². The van der Waals surface area contributed by atoms with Crippen molar-refractivity contribution in [3.63, 3.8) is 0 Å². The van der Waals surface area contributed by atoms with Crippen LogP contribution in [0.2, 0.25) is 5.02 Å². The maximum absolute atomic E-state index is 12.1. The Labute approximate surface area is 128 Å². The number of nitrogens with two attached hydrogens (primary N) is 1. The number of aromatic nitrogens is 1. The van der Waals surface area contributed by atoms with Crippen molar-refractivity contribution >= 4 is 65.3 Å². The molecule has 20 heavy (non-hydrogen) atoms. The summed E-state index contributed by atoms with van der Waals surface area (Å²) in [4.78, 5) is 4.21. The minimum absolute atomic E-state index is 0.160. The zero-order valence-electron chi connectivity index (χ0n) is 9.83. The number of nitrogens with one attached hydrogen (secondary N) is 1. The van der Waals surface area contributed by atoms with Gasteiger partial charge in [-0.05, 0) is 24.3 Å². The third-order valence-electron chi connectivity index (χ3n) is 2.43. The van der Waals surface area contributed by atoms with E-state index in [9.17, 15) is 8.42 Å². The molecular formula is C11H8ClN3O2S3. The summed E-state index contributed by atoms with van der Waals surface area (Å²) >= 11 is 8.18. The third-order valence-corrected chi connectivity index (χ3v) is 6.53. The molecule has 0 amide bonds. The van der Waals surface area contributed by atoms with Crippen LogP contribution in [0.25, 0.3) is 10.2 Å². The molecule has 0 aliphatic heterocycles. The quantitative estimate of drug-likeness (QED) is 0.761. The molecule has 0 unspecified atom stereocenters.